The molecule has 2 aliphatic rings. The second-order valence-corrected chi connectivity index (χ2v) is 9.76. The van der Waals surface area contributed by atoms with Crippen LogP contribution >= 0.6 is 0 Å². The number of piperidine rings is 1. The van der Waals surface area contributed by atoms with E-state index in [2.05, 4.69) is 30.8 Å². The fourth-order valence-corrected chi connectivity index (χ4v) is 4.23. The topological polar surface area (TPSA) is 51.1 Å². The minimum Gasteiger partial charge on any atom is -0.497 e. The van der Waals surface area contributed by atoms with Crippen molar-refractivity contribution in [2.24, 2.45) is 5.16 Å². The molecule has 2 aromatic rings. The molecule has 2 heterocycles. The lowest BCUT2D eigenvalue weighted by molar-refractivity contribution is -0.0550. The molecule has 0 radical (unpaired) electrons. The third-order valence-electron chi connectivity index (χ3n) is 6.42. The highest BCUT2D eigenvalue weighted by Crippen LogP contribution is 2.36. The van der Waals surface area contributed by atoms with Gasteiger partial charge in [0.2, 0.25) is 0 Å². The molecule has 32 heavy (non-hydrogen) atoms. The van der Waals surface area contributed by atoms with Gasteiger partial charge in [-0.1, -0.05) is 62.3 Å². The van der Waals surface area contributed by atoms with Crippen LogP contribution in [-0.4, -0.2) is 42.2 Å². The molecule has 1 spiro atoms. The largest absolute Gasteiger partial charge is 0.497 e. The van der Waals surface area contributed by atoms with Crippen LogP contribution in [0, 0.1) is 0 Å². The zero-order valence-corrected chi connectivity index (χ0v) is 19.4. The smallest absolute Gasteiger partial charge is 0.187 e. The van der Waals surface area contributed by atoms with Crippen LogP contribution in [0.4, 0.5) is 0 Å². The lowest BCUT2D eigenvalue weighted by Crippen LogP contribution is -2.42. The van der Waals surface area contributed by atoms with Crippen molar-refractivity contribution in [2.75, 3.05) is 20.2 Å². The van der Waals surface area contributed by atoms with Crippen LogP contribution in [0.3, 0.4) is 0 Å². The third kappa shape index (κ3) is 4.87. The van der Waals surface area contributed by atoms with Crippen LogP contribution in [0.2, 0.25) is 0 Å². The number of ketones is 1. The molecule has 2 aliphatic heterocycles. The van der Waals surface area contributed by atoms with Crippen LogP contribution in [0.25, 0.3) is 0 Å². The lowest BCUT2D eigenvalue weighted by atomic mass is 9.85. The predicted octanol–water partition coefficient (Wildman–Crippen LogP) is 5.35. The summed E-state index contributed by atoms with van der Waals surface area (Å²) >= 11 is 0. The first-order valence-electron chi connectivity index (χ1n) is 11.2. The normalized spacial score (nSPS) is 18.0. The minimum absolute atomic E-state index is 0.0338. The summed E-state index contributed by atoms with van der Waals surface area (Å²) in [4.78, 5) is 20.7. The van der Waals surface area contributed by atoms with E-state index in [0.717, 1.165) is 54.9 Å². The van der Waals surface area contributed by atoms with Crippen molar-refractivity contribution in [3.05, 3.63) is 77.5 Å². The van der Waals surface area contributed by atoms with Crippen molar-refractivity contribution in [1.82, 2.24) is 4.90 Å². The molecule has 0 aliphatic carbocycles. The number of likely N-dealkylation sites (tertiary alicyclic amines) is 1. The highest BCUT2D eigenvalue weighted by atomic mass is 16.7. The fourth-order valence-electron chi connectivity index (χ4n) is 4.23. The van der Waals surface area contributed by atoms with E-state index in [4.69, 9.17) is 9.57 Å². The van der Waals surface area contributed by atoms with Crippen LogP contribution in [-0.2, 0) is 10.3 Å². The van der Waals surface area contributed by atoms with Crippen molar-refractivity contribution in [3.63, 3.8) is 0 Å². The Kier molecular flexibility index (Phi) is 6.09. The predicted molar refractivity (Wildman–Crippen MR) is 127 cm³/mol. The van der Waals surface area contributed by atoms with E-state index in [1.54, 1.807) is 13.2 Å². The molecular weight excluding hydrogens is 400 g/mol. The quantitative estimate of drug-likeness (QED) is 0.472. The maximum absolute atomic E-state index is 12.6. The molecule has 1 saturated heterocycles. The summed E-state index contributed by atoms with van der Waals surface area (Å²) in [5.74, 6) is 0.857. The number of hydrogen-bond acceptors (Lipinski definition) is 5. The van der Waals surface area contributed by atoms with Crippen LogP contribution in [0.1, 0.15) is 61.5 Å². The van der Waals surface area contributed by atoms with Gasteiger partial charge in [-0.05, 0) is 23.1 Å². The Hall–Kier alpha value is -3.08. The Bertz CT molecular complexity index is 1020. The average molecular weight is 433 g/mol. The van der Waals surface area contributed by atoms with Crippen molar-refractivity contribution >= 4 is 11.5 Å². The van der Waals surface area contributed by atoms with Gasteiger partial charge in [0.15, 0.2) is 5.78 Å². The third-order valence-corrected chi connectivity index (χ3v) is 6.42. The summed E-state index contributed by atoms with van der Waals surface area (Å²) in [6.45, 7) is 8.20. The average Bonchev–Trinajstić information content (AvgIpc) is 3.22. The molecule has 4 rings (SSSR count). The fraction of sp³-hybridized carbons (Fsp3) is 0.407. The van der Waals surface area contributed by atoms with Crippen molar-refractivity contribution in [1.29, 1.82) is 0 Å². The van der Waals surface area contributed by atoms with Gasteiger partial charge in [0.25, 0.3) is 0 Å². The highest BCUT2D eigenvalue weighted by molar-refractivity contribution is 6.04. The molecular formula is C27H32N2O3. The van der Waals surface area contributed by atoms with E-state index in [-0.39, 0.29) is 16.8 Å². The van der Waals surface area contributed by atoms with Gasteiger partial charge in [-0.2, -0.15) is 0 Å². The van der Waals surface area contributed by atoms with Gasteiger partial charge < -0.3 is 14.5 Å². The Morgan fingerprint density at radius 3 is 2.50 bits per heavy atom. The number of methoxy groups -OCH3 is 1. The Labute approximate surface area is 190 Å². The maximum atomic E-state index is 12.6. The minimum atomic E-state index is -0.241. The first-order valence-corrected chi connectivity index (χ1v) is 11.2. The Morgan fingerprint density at radius 1 is 1.12 bits per heavy atom. The number of allylic oxidation sites excluding steroid dienone is 1. The molecule has 0 bridgehead atoms. The molecule has 168 valence electrons. The first kappa shape index (κ1) is 22.1. The molecule has 0 unspecified atom stereocenters. The number of ether oxygens (including phenoxy) is 1. The van der Waals surface area contributed by atoms with Crippen LogP contribution < -0.4 is 4.74 Å². The Balaban J connectivity index is 1.31. The highest BCUT2D eigenvalue weighted by Gasteiger charge is 2.42. The zero-order valence-electron chi connectivity index (χ0n) is 19.4. The zero-order chi connectivity index (χ0) is 22.8. The van der Waals surface area contributed by atoms with E-state index >= 15 is 0 Å². The summed E-state index contributed by atoms with van der Waals surface area (Å²) in [7, 11) is 1.67. The van der Waals surface area contributed by atoms with Gasteiger partial charge in [-0.25, -0.2) is 0 Å². The van der Waals surface area contributed by atoms with Crippen molar-refractivity contribution in [2.45, 2.75) is 51.0 Å². The molecule has 1 fully saturated rings. The van der Waals surface area contributed by atoms with E-state index in [1.807, 2.05) is 54.7 Å². The summed E-state index contributed by atoms with van der Waals surface area (Å²) in [6, 6.07) is 15.9. The molecule has 0 aromatic heterocycles. The molecule has 5 nitrogen and oxygen atoms in total. The van der Waals surface area contributed by atoms with Gasteiger partial charge in [-0.15, -0.1) is 0 Å². The maximum Gasteiger partial charge on any atom is 0.187 e. The number of carbonyl (C=O) groups excluding carboxylic acids is 1. The monoisotopic (exact) mass is 432 g/mol. The molecule has 0 atom stereocenters. The summed E-state index contributed by atoms with van der Waals surface area (Å²) < 4.78 is 5.33. The number of nitrogens with zero attached hydrogens (tertiary/aromatic N) is 2. The lowest BCUT2D eigenvalue weighted by Gasteiger charge is -2.36. The number of benzene rings is 2. The van der Waals surface area contributed by atoms with Gasteiger partial charge in [-0.3, -0.25) is 4.79 Å². The van der Waals surface area contributed by atoms with Gasteiger partial charge in [0.1, 0.15) is 11.4 Å². The van der Waals surface area contributed by atoms with Gasteiger partial charge >= 0.3 is 0 Å². The van der Waals surface area contributed by atoms with Crippen LogP contribution in [0.15, 0.2) is 66.0 Å². The first-order chi connectivity index (χ1) is 15.3. The summed E-state index contributed by atoms with van der Waals surface area (Å²) in [6.07, 6.45) is 6.16. The second-order valence-electron chi connectivity index (χ2n) is 9.76. The molecule has 5 heteroatoms. The van der Waals surface area contributed by atoms with Crippen LogP contribution in [0.5, 0.6) is 5.75 Å². The number of rotatable bonds is 5. The molecule has 0 amide bonds. The van der Waals surface area contributed by atoms with E-state index in [0.29, 0.717) is 0 Å². The van der Waals surface area contributed by atoms with Gasteiger partial charge in [0, 0.05) is 55.8 Å². The number of hydrogen-bond donors (Lipinski definition) is 0. The number of oxime groups is 1. The SMILES string of the molecule is COc1cccc(C2=NOC3(CCN(C=CC(=O)c4ccc(C(C)(C)C)cc4)CC3)C2)c1. The standard InChI is InChI=1S/C27H32N2O3/c1-26(2,3)22-10-8-20(9-11-22)25(30)12-15-29-16-13-27(14-17-29)19-24(28-32-27)21-6-5-7-23(18-21)31-4/h5-12,15,18H,13-14,16-17,19H2,1-4H3. The van der Waals surface area contributed by atoms with Crippen molar-refractivity contribution < 1.29 is 14.4 Å². The van der Waals surface area contributed by atoms with Crippen molar-refractivity contribution in [3.8, 4) is 5.75 Å². The van der Waals surface area contributed by atoms with E-state index < -0.39 is 0 Å². The number of carbonyl (C=O) groups is 1. The van der Waals surface area contributed by atoms with E-state index in [9.17, 15) is 4.79 Å². The molecule has 0 N–H and O–H groups in total. The van der Waals surface area contributed by atoms with Gasteiger partial charge in [0.05, 0.1) is 12.8 Å². The molecule has 2 aromatic carbocycles. The van der Waals surface area contributed by atoms with E-state index in [1.165, 1.54) is 5.56 Å². The summed E-state index contributed by atoms with van der Waals surface area (Å²) in [5.41, 5.74) is 3.81. The molecule has 0 saturated carbocycles. The summed E-state index contributed by atoms with van der Waals surface area (Å²) in [5, 5.41) is 4.39. The second kappa shape index (κ2) is 8.81. The Morgan fingerprint density at radius 2 is 1.84 bits per heavy atom.